The second kappa shape index (κ2) is 7.63. The topological polar surface area (TPSA) is 99.4 Å². The van der Waals surface area contributed by atoms with E-state index >= 15 is 0 Å². The number of hydrogen-bond acceptors (Lipinski definition) is 4. The van der Waals surface area contributed by atoms with E-state index in [1.54, 1.807) is 12.3 Å². The number of nitrogens with one attached hydrogen (secondary N) is 1. The van der Waals surface area contributed by atoms with E-state index in [2.05, 4.69) is 4.98 Å². The zero-order valence-electron chi connectivity index (χ0n) is 14.0. The summed E-state index contributed by atoms with van der Waals surface area (Å²) < 4.78 is 0. The summed E-state index contributed by atoms with van der Waals surface area (Å²) in [6, 6.07) is 10.2. The lowest BCUT2D eigenvalue weighted by Gasteiger charge is -2.26. The number of nitrogens with two attached hydrogens (primary N) is 1. The molecule has 6 heteroatoms. The molecule has 1 aromatic carbocycles. The number of nitrogens with zero attached hydrogens (tertiary/aromatic N) is 1. The van der Waals surface area contributed by atoms with Crippen LogP contribution in [0, 0.1) is 0 Å². The van der Waals surface area contributed by atoms with E-state index in [1.807, 2.05) is 30.3 Å². The van der Waals surface area contributed by atoms with Gasteiger partial charge in [-0.1, -0.05) is 30.3 Å². The average Bonchev–Trinajstić information content (AvgIpc) is 3.30. The van der Waals surface area contributed by atoms with Crippen LogP contribution in [0.15, 0.2) is 42.6 Å². The van der Waals surface area contributed by atoms with Crippen molar-refractivity contribution in [1.82, 2.24) is 9.88 Å². The summed E-state index contributed by atoms with van der Waals surface area (Å²) in [5.74, 6) is -0.429. The van der Waals surface area contributed by atoms with Gasteiger partial charge in [0.1, 0.15) is 6.04 Å². The van der Waals surface area contributed by atoms with Gasteiger partial charge in [-0.15, -0.1) is 0 Å². The van der Waals surface area contributed by atoms with Gasteiger partial charge in [0, 0.05) is 30.4 Å². The van der Waals surface area contributed by atoms with Crippen molar-refractivity contribution in [2.45, 2.75) is 31.3 Å². The number of rotatable bonds is 6. The van der Waals surface area contributed by atoms with Crippen LogP contribution in [0.5, 0.6) is 0 Å². The van der Waals surface area contributed by atoms with Gasteiger partial charge in [-0.2, -0.15) is 0 Å². The second-order valence-electron chi connectivity index (χ2n) is 6.38. The highest BCUT2D eigenvalue weighted by molar-refractivity contribution is 6.03. The molecule has 0 spiro atoms. The van der Waals surface area contributed by atoms with E-state index < -0.39 is 18.7 Å². The van der Waals surface area contributed by atoms with Gasteiger partial charge in [-0.3, -0.25) is 9.59 Å². The zero-order valence-corrected chi connectivity index (χ0v) is 14.0. The van der Waals surface area contributed by atoms with Crippen LogP contribution in [-0.4, -0.2) is 51.9 Å². The molecule has 132 valence electrons. The highest BCUT2D eigenvalue weighted by Crippen LogP contribution is 2.24. The Hall–Kier alpha value is -2.44. The molecule has 0 aliphatic carbocycles. The van der Waals surface area contributed by atoms with E-state index in [0.717, 1.165) is 17.7 Å². The van der Waals surface area contributed by atoms with Gasteiger partial charge in [0.2, 0.25) is 5.91 Å². The molecule has 1 unspecified atom stereocenters. The number of H-pyrrole nitrogens is 1. The highest BCUT2D eigenvalue weighted by atomic mass is 16.3. The minimum atomic E-state index is -0.969. The summed E-state index contributed by atoms with van der Waals surface area (Å²) in [7, 11) is 0. The van der Waals surface area contributed by atoms with Crippen LogP contribution in [0.2, 0.25) is 0 Å². The first-order chi connectivity index (χ1) is 12.1. The number of aliphatic hydroxyl groups is 1. The van der Waals surface area contributed by atoms with Crippen LogP contribution in [-0.2, 0) is 11.2 Å². The molecule has 25 heavy (non-hydrogen) atoms. The Morgan fingerprint density at radius 3 is 2.76 bits per heavy atom. The largest absolute Gasteiger partial charge is 0.394 e. The maximum atomic E-state index is 13.0. The Bertz CT molecular complexity index is 741. The lowest BCUT2D eigenvalue weighted by atomic mass is 9.99. The van der Waals surface area contributed by atoms with E-state index in [1.165, 1.54) is 4.90 Å². The van der Waals surface area contributed by atoms with Crippen LogP contribution in [0.25, 0.3) is 0 Å². The normalized spacial score (nSPS) is 18.3. The molecular formula is C19H23N3O3. The van der Waals surface area contributed by atoms with Gasteiger partial charge in [-0.25, -0.2) is 0 Å². The van der Waals surface area contributed by atoms with Crippen molar-refractivity contribution >= 4 is 11.7 Å². The zero-order chi connectivity index (χ0) is 17.8. The van der Waals surface area contributed by atoms with Crippen LogP contribution < -0.4 is 5.73 Å². The quantitative estimate of drug-likeness (QED) is 0.685. The Labute approximate surface area is 146 Å². The molecular weight excluding hydrogens is 318 g/mol. The molecule has 0 bridgehead atoms. The summed E-state index contributed by atoms with van der Waals surface area (Å²) in [6.45, 7) is 0.0844. The molecule has 0 saturated carbocycles. The molecule has 1 aliphatic rings. The number of carbonyl (C=O) groups is 2. The summed E-state index contributed by atoms with van der Waals surface area (Å²) in [5, 5.41) is 9.12. The Balaban J connectivity index is 1.79. The lowest BCUT2D eigenvalue weighted by molar-refractivity contribution is -0.133. The smallest absolute Gasteiger partial charge is 0.242 e. The van der Waals surface area contributed by atoms with Crippen LogP contribution >= 0.6 is 0 Å². The maximum Gasteiger partial charge on any atom is 0.242 e. The van der Waals surface area contributed by atoms with Gasteiger partial charge in [0.15, 0.2) is 5.78 Å². The molecule has 3 rings (SSSR count). The van der Waals surface area contributed by atoms with Crippen molar-refractivity contribution < 1.29 is 14.7 Å². The first-order valence-electron chi connectivity index (χ1n) is 8.53. The Kier molecular flexibility index (Phi) is 5.31. The fourth-order valence-corrected chi connectivity index (χ4v) is 3.35. The Morgan fingerprint density at radius 2 is 2.04 bits per heavy atom. The van der Waals surface area contributed by atoms with Gasteiger partial charge >= 0.3 is 0 Å². The Morgan fingerprint density at radius 1 is 1.28 bits per heavy atom. The van der Waals surface area contributed by atoms with Gasteiger partial charge in [-0.05, 0) is 24.5 Å². The molecule has 1 saturated heterocycles. The molecule has 4 N–H and O–H groups in total. The van der Waals surface area contributed by atoms with Gasteiger partial charge in [0.05, 0.1) is 12.6 Å². The average molecular weight is 341 g/mol. The fraction of sp³-hybridized carbons (Fsp3) is 0.368. The predicted molar refractivity (Wildman–Crippen MR) is 94.2 cm³/mol. The minimum absolute atomic E-state index is 0.0665. The predicted octanol–water partition coefficient (Wildman–Crippen LogP) is 1.10. The van der Waals surface area contributed by atoms with Crippen molar-refractivity contribution in [3.63, 3.8) is 0 Å². The summed E-state index contributed by atoms with van der Waals surface area (Å²) in [6.07, 6.45) is 3.77. The third-order valence-electron chi connectivity index (χ3n) is 4.67. The van der Waals surface area contributed by atoms with Gasteiger partial charge < -0.3 is 20.7 Å². The van der Waals surface area contributed by atoms with Crippen molar-refractivity contribution in [2.75, 3.05) is 13.2 Å². The molecule has 1 aromatic heterocycles. The maximum absolute atomic E-state index is 13.0. The number of Topliss-reactive ketones (excluding diaryl/α,β-unsaturated/α-hetero) is 1. The van der Waals surface area contributed by atoms with Crippen molar-refractivity contribution in [3.05, 3.63) is 59.4 Å². The second-order valence-corrected chi connectivity index (χ2v) is 6.38. The number of aromatic amines is 1. The molecule has 2 heterocycles. The monoisotopic (exact) mass is 341 g/mol. The first kappa shape index (κ1) is 17.4. The molecule has 2 atom stereocenters. The van der Waals surface area contributed by atoms with Crippen molar-refractivity contribution in [1.29, 1.82) is 0 Å². The third kappa shape index (κ3) is 3.65. The lowest BCUT2D eigenvalue weighted by Crippen LogP contribution is -2.49. The molecule has 1 amide bonds. The summed E-state index contributed by atoms with van der Waals surface area (Å²) in [4.78, 5) is 30.0. The molecule has 2 aromatic rings. The van der Waals surface area contributed by atoms with Crippen LogP contribution in [0.1, 0.15) is 34.5 Å². The van der Waals surface area contributed by atoms with E-state index in [4.69, 9.17) is 10.8 Å². The highest BCUT2D eigenvalue weighted by Gasteiger charge is 2.37. The van der Waals surface area contributed by atoms with Crippen molar-refractivity contribution in [3.8, 4) is 0 Å². The van der Waals surface area contributed by atoms with Crippen LogP contribution in [0.4, 0.5) is 0 Å². The number of ketones is 1. The molecule has 0 radical (unpaired) electrons. The van der Waals surface area contributed by atoms with Gasteiger partial charge in [0.25, 0.3) is 0 Å². The SMILES string of the molecule is NC(CO)C(=O)N1CCC[C@H]1C(=O)c1cc[nH]c1Cc1ccccc1. The fourth-order valence-electron chi connectivity index (χ4n) is 3.35. The first-order valence-corrected chi connectivity index (χ1v) is 8.53. The minimum Gasteiger partial charge on any atom is -0.394 e. The van der Waals surface area contributed by atoms with Crippen LogP contribution in [0.3, 0.4) is 0 Å². The molecule has 1 fully saturated rings. The number of aromatic nitrogens is 1. The van der Waals surface area contributed by atoms with E-state index in [0.29, 0.717) is 24.9 Å². The number of aliphatic hydroxyl groups excluding tert-OH is 1. The summed E-state index contributed by atoms with van der Waals surface area (Å²) in [5.41, 5.74) is 8.23. The number of carbonyl (C=O) groups excluding carboxylic acids is 2. The third-order valence-corrected chi connectivity index (χ3v) is 4.67. The number of benzene rings is 1. The molecule has 1 aliphatic heterocycles. The van der Waals surface area contributed by atoms with E-state index in [9.17, 15) is 9.59 Å². The standard InChI is InChI=1S/C19H23N3O3/c20-15(12-23)19(25)22-10-4-7-17(22)18(24)14-8-9-21-16(14)11-13-5-2-1-3-6-13/h1-3,5-6,8-9,15,17,21,23H,4,7,10-12,20H2/t15?,17-/m0/s1. The van der Waals surface area contributed by atoms with E-state index in [-0.39, 0.29) is 11.7 Å². The number of amides is 1. The number of hydrogen-bond donors (Lipinski definition) is 3. The summed E-state index contributed by atoms with van der Waals surface area (Å²) >= 11 is 0. The number of likely N-dealkylation sites (tertiary alicyclic amines) is 1. The van der Waals surface area contributed by atoms with Crippen molar-refractivity contribution in [2.24, 2.45) is 5.73 Å². The molecule has 6 nitrogen and oxygen atoms in total.